The molecule has 0 unspecified atom stereocenters. The molecule has 3 heterocycles. The van der Waals surface area contributed by atoms with Crippen molar-refractivity contribution in [3.63, 3.8) is 0 Å². The molecule has 1 saturated heterocycles. The summed E-state index contributed by atoms with van der Waals surface area (Å²) in [5.74, 6) is 1.53. The van der Waals surface area contributed by atoms with E-state index in [0.29, 0.717) is 66.0 Å². The van der Waals surface area contributed by atoms with Gasteiger partial charge < -0.3 is 15.3 Å². The number of nitrogens with zero attached hydrogens (tertiary/aromatic N) is 3. The average molecular weight is 565 g/mol. The number of nitrogens with one attached hydrogen (secondary N) is 1. The van der Waals surface area contributed by atoms with Gasteiger partial charge in [-0.2, -0.15) is 4.98 Å². The third kappa shape index (κ3) is 4.50. The number of aliphatic hydroxyl groups excluding tert-OH is 1. The zero-order valence-electron chi connectivity index (χ0n) is 20.1. The van der Waals surface area contributed by atoms with Crippen LogP contribution in [0.15, 0.2) is 34.1 Å². The first-order valence-corrected chi connectivity index (χ1v) is 15.8. The van der Waals surface area contributed by atoms with Crippen molar-refractivity contribution >= 4 is 32.8 Å². The van der Waals surface area contributed by atoms with Gasteiger partial charge in [0.25, 0.3) is 0 Å². The summed E-state index contributed by atoms with van der Waals surface area (Å²) in [5.41, 5.74) is 0.810. The number of aliphatic hydroxyl groups is 1. The summed E-state index contributed by atoms with van der Waals surface area (Å²) < 4.78 is 78.4. The molecule has 3 fully saturated rings. The van der Waals surface area contributed by atoms with Gasteiger partial charge in [-0.3, -0.25) is 4.21 Å². The van der Waals surface area contributed by atoms with Crippen LogP contribution in [0.25, 0.3) is 0 Å². The van der Waals surface area contributed by atoms with Gasteiger partial charge >= 0.3 is 10.2 Å². The Morgan fingerprint density at radius 2 is 1.68 bits per heavy atom. The minimum atomic E-state index is -9.69. The second-order valence-corrected chi connectivity index (χ2v) is 14.8. The van der Waals surface area contributed by atoms with E-state index in [1.165, 1.54) is 0 Å². The summed E-state index contributed by atoms with van der Waals surface area (Å²) in [6.07, 6.45) is 5.70. The van der Waals surface area contributed by atoms with Crippen molar-refractivity contribution in [2.75, 3.05) is 35.7 Å². The fourth-order valence-electron chi connectivity index (χ4n) is 5.75. The molecule has 2 aliphatic heterocycles. The Kier molecular flexibility index (Phi) is 5.17. The van der Waals surface area contributed by atoms with Crippen molar-refractivity contribution in [2.45, 2.75) is 71.6 Å². The Morgan fingerprint density at radius 1 is 1.03 bits per heavy atom. The summed E-state index contributed by atoms with van der Waals surface area (Å²) in [6, 6.07) is 3.27. The van der Waals surface area contributed by atoms with Gasteiger partial charge in [0.2, 0.25) is 5.95 Å². The Morgan fingerprint density at radius 3 is 2.19 bits per heavy atom. The molecule has 1 spiro atoms. The van der Waals surface area contributed by atoms with Crippen LogP contribution in [-0.4, -0.2) is 50.3 Å². The topological polar surface area (TPSA) is 78.4 Å². The number of piperidine rings is 1. The maximum absolute atomic E-state index is 13.1. The number of aromatic nitrogens is 2. The van der Waals surface area contributed by atoms with E-state index in [0.717, 1.165) is 49.9 Å². The first-order valence-electron chi connectivity index (χ1n) is 12.5. The van der Waals surface area contributed by atoms with E-state index in [4.69, 9.17) is 9.97 Å². The lowest BCUT2D eigenvalue weighted by atomic mass is 9.77. The predicted molar refractivity (Wildman–Crippen MR) is 134 cm³/mol. The standard InChI is InChI=1S/C24H29F5N4O2S2/c25-37(26,27,28,29)18-4-2-16(3-5-18)17-6-12-33(13-7-17)22-30-20-19(36(35)15-23(20)10-11-23)21(31-22)32-24(14-34)8-1-9-24/h2-5,17,34H,1,6-15H2,(H,30,31,32)/t36-/m0/s1. The molecular formula is C24H29F5N4O2S2. The zero-order valence-corrected chi connectivity index (χ0v) is 21.7. The monoisotopic (exact) mass is 564 g/mol. The van der Waals surface area contributed by atoms with E-state index in [2.05, 4.69) is 5.32 Å². The lowest BCUT2D eigenvalue weighted by Crippen LogP contribution is -2.49. The minimum Gasteiger partial charge on any atom is -0.394 e. The van der Waals surface area contributed by atoms with Gasteiger partial charge in [-0.05, 0) is 68.6 Å². The molecule has 6 nitrogen and oxygen atoms in total. The minimum absolute atomic E-state index is 0.0366. The van der Waals surface area contributed by atoms with E-state index < -0.39 is 31.5 Å². The molecule has 13 heteroatoms. The summed E-state index contributed by atoms with van der Waals surface area (Å²) in [4.78, 5) is 10.4. The van der Waals surface area contributed by atoms with Crippen molar-refractivity contribution < 1.29 is 28.7 Å². The highest BCUT2D eigenvalue weighted by Gasteiger charge is 2.65. The predicted octanol–water partition coefficient (Wildman–Crippen LogP) is 6.00. The van der Waals surface area contributed by atoms with Crippen molar-refractivity contribution in [2.24, 2.45) is 0 Å². The SMILES string of the molecule is O=[S@]1CC2(CC2)c2nc(N3CCC(c4ccc(S(F)(F)(F)(F)F)cc4)CC3)nc(NC3(CO)CCC3)c21. The molecule has 0 radical (unpaired) electrons. The quantitative estimate of drug-likeness (QED) is 0.420. The Bertz CT molecular complexity index is 1270. The summed E-state index contributed by atoms with van der Waals surface area (Å²) in [7, 11) is -10.9. The van der Waals surface area contributed by atoms with Crippen LogP contribution in [0, 0.1) is 0 Å². The van der Waals surface area contributed by atoms with Crippen LogP contribution >= 0.6 is 10.2 Å². The normalized spacial score (nSPS) is 26.2. The van der Waals surface area contributed by atoms with E-state index in [9.17, 15) is 28.7 Å². The third-order valence-electron chi connectivity index (χ3n) is 8.42. The number of benzene rings is 1. The number of hydrogen-bond donors (Lipinski definition) is 2. The first kappa shape index (κ1) is 25.3. The fraction of sp³-hybridized carbons (Fsp3) is 0.583. The van der Waals surface area contributed by atoms with Gasteiger partial charge in [-0.25, -0.2) is 4.98 Å². The van der Waals surface area contributed by atoms with Gasteiger partial charge in [-0.15, -0.1) is 0 Å². The van der Waals surface area contributed by atoms with Gasteiger partial charge in [0.1, 0.15) is 15.6 Å². The maximum Gasteiger partial charge on any atom is 0.310 e. The number of rotatable bonds is 6. The van der Waals surface area contributed by atoms with Crippen LogP contribution in [0.3, 0.4) is 0 Å². The van der Waals surface area contributed by atoms with E-state index >= 15 is 0 Å². The Labute approximate surface area is 214 Å². The van der Waals surface area contributed by atoms with Crippen LogP contribution in [0.5, 0.6) is 0 Å². The molecule has 2 aromatic rings. The van der Waals surface area contributed by atoms with Crippen molar-refractivity contribution in [1.82, 2.24) is 9.97 Å². The van der Waals surface area contributed by atoms with Crippen LogP contribution in [-0.2, 0) is 16.2 Å². The molecule has 37 heavy (non-hydrogen) atoms. The van der Waals surface area contributed by atoms with Crippen LogP contribution < -0.4 is 10.2 Å². The highest BCUT2D eigenvalue weighted by Crippen LogP contribution is 3.02. The third-order valence-corrected chi connectivity index (χ3v) is 11.2. The van der Waals surface area contributed by atoms with Crippen molar-refractivity contribution in [1.29, 1.82) is 0 Å². The second-order valence-electron chi connectivity index (χ2n) is 11.0. The number of anilines is 2. The largest absolute Gasteiger partial charge is 0.394 e. The van der Waals surface area contributed by atoms with Crippen molar-refractivity contribution in [3.8, 4) is 0 Å². The van der Waals surface area contributed by atoms with Gasteiger partial charge in [-0.1, -0.05) is 31.6 Å². The van der Waals surface area contributed by atoms with E-state index in [-0.39, 0.29) is 17.9 Å². The molecule has 6 rings (SSSR count). The lowest BCUT2D eigenvalue weighted by molar-refractivity contribution is 0.143. The molecule has 2 saturated carbocycles. The molecule has 2 N–H and O–H groups in total. The van der Waals surface area contributed by atoms with E-state index in [1.807, 2.05) is 4.90 Å². The summed E-state index contributed by atoms with van der Waals surface area (Å²) >= 11 is 0. The Hall–Kier alpha value is -1.99. The number of hydrogen-bond acceptors (Lipinski definition) is 6. The first-order chi connectivity index (χ1) is 17.2. The average Bonchev–Trinajstić information content (AvgIpc) is 3.53. The summed E-state index contributed by atoms with van der Waals surface area (Å²) in [5, 5.41) is 13.4. The maximum atomic E-state index is 13.1. The highest BCUT2D eigenvalue weighted by atomic mass is 32.5. The number of halogens is 5. The molecule has 0 bridgehead atoms. The Balaban J connectivity index is 1.23. The van der Waals surface area contributed by atoms with Crippen LogP contribution in [0.4, 0.5) is 31.2 Å². The molecule has 1 atom stereocenters. The smallest absolute Gasteiger partial charge is 0.310 e. The second kappa shape index (κ2) is 7.56. The molecule has 204 valence electrons. The molecule has 4 aliphatic rings. The highest BCUT2D eigenvalue weighted by molar-refractivity contribution is 8.45. The molecule has 0 amide bonds. The van der Waals surface area contributed by atoms with Crippen LogP contribution in [0.1, 0.15) is 62.1 Å². The molecule has 1 aromatic carbocycles. The number of fused-ring (bicyclic) bond motifs is 2. The molecule has 2 aliphatic carbocycles. The van der Waals surface area contributed by atoms with Gasteiger partial charge in [0.15, 0.2) is 0 Å². The molecular weight excluding hydrogens is 535 g/mol. The molecule has 1 aromatic heterocycles. The zero-order chi connectivity index (χ0) is 26.3. The summed E-state index contributed by atoms with van der Waals surface area (Å²) in [6.45, 7) is 1.06. The van der Waals surface area contributed by atoms with Crippen LogP contribution in [0.2, 0.25) is 0 Å². The lowest BCUT2D eigenvalue weighted by Gasteiger charge is -2.42. The van der Waals surface area contributed by atoms with Gasteiger partial charge in [0, 0.05) is 24.3 Å². The van der Waals surface area contributed by atoms with Gasteiger partial charge in [0.05, 0.1) is 28.6 Å². The van der Waals surface area contributed by atoms with E-state index in [1.54, 1.807) is 0 Å². The fourth-order valence-corrected chi connectivity index (χ4v) is 8.26. The van der Waals surface area contributed by atoms with Crippen molar-refractivity contribution in [3.05, 3.63) is 35.5 Å².